The minimum atomic E-state index is -0.0899. The quantitative estimate of drug-likeness (QED) is 0.645. The maximum absolute atomic E-state index is 8.80. The number of hydrogen-bond acceptors (Lipinski definition) is 8. The van der Waals surface area contributed by atoms with Crippen LogP contribution in [0.3, 0.4) is 0 Å². The summed E-state index contributed by atoms with van der Waals surface area (Å²) in [5, 5.41) is 9.32. The average molecular weight is 326 g/mol. The molecule has 0 aliphatic carbocycles. The van der Waals surface area contributed by atoms with E-state index in [1.807, 2.05) is 36.4 Å². The van der Waals surface area contributed by atoms with Crippen LogP contribution in [0.5, 0.6) is 0 Å². The van der Waals surface area contributed by atoms with Gasteiger partial charge in [0.1, 0.15) is 23.6 Å². The second kappa shape index (κ2) is 7.09. The van der Waals surface area contributed by atoms with Crippen LogP contribution in [0.15, 0.2) is 46.7 Å². The third-order valence-corrected chi connectivity index (χ3v) is 4.13. The van der Waals surface area contributed by atoms with Crippen LogP contribution in [0.25, 0.3) is 0 Å². The molecule has 1 aliphatic heterocycles. The van der Waals surface area contributed by atoms with Gasteiger partial charge in [-0.05, 0) is 0 Å². The zero-order chi connectivity index (χ0) is 16.1. The number of nitrogens with zero attached hydrogens (tertiary/aromatic N) is 4. The summed E-state index contributed by atoms with van der Waals surface area (Å²) in [7, 11) is 0. The molecule has 1 aromatic carbocycles. The monoisotopic (exact) mass is 326 g/mol. The number of nitriles is 1. The Morgan fingerprint density at radius 1 is 1.39 bits per heavy atom. The summed E-state index contributed by atoms with van der Waals surface area (Å²) in [6, 6.07) is 11.7. The van der Waals surface area contributed by atoms with Crippen LogP contribution in [0, 0.1) is 11.3 Å². The Morgan fingerprint density at radius 2 is 2.22 bits per heavy atom. The van der Waals surface area contributed by atoms with Gasteiger partial charge in [0.2, 0.25) is 0 Å². The molecule has 1 atom stereocenters. The number of hydroxylamine groups is 1. The largest absolute Gasteiger partial charge is 0.382 e. The second-order valence-corrected chi connectivity index (χ2v) is 5.76. The molecule has 0 amide bonds. The van der Waals surface area contributed by atoms with Gasteiger partial charge in [-0.3, -0.25) is 9.83 Å². The molecule has 8 heteroatoms. The first-order valence-corrected chi connectivity index (χ1v) is 7.92. The lowest BCUT2D eigenvalue weighted by Gasteiger charge is -2.22. The molecule has 1 unspecified atom stereocenters. The fourth-order valence-corrected chi connectivity index (χ4v) is 2.73. The molecule has 0 saturated heterocycles. The Balaban J connectivity index is 1.56. The van der Waals surface area contributed by atoms with Crippen molar-refractivity contribution in [2.75, 3.05) is 18.0 Å². The molecule has 0 saturated carbocycles. The number of aromatic nitrogens is 2. The van der Waals surface area contributed by atoms with Gasteiger partial charge in [0.15, 0.2) is 11.0 Å². The maximum atomic E-state index is 8.80. The molecule has 0 radical (unpaired) electrons. The van der Waals surface area contributed by atoms with Crippen molar-refractivity contribution in [2.24, 2.45) is 4.99 Å². The summed E-state index contributed by atoms with van der Waals surface area (Å²) in [6.07, 6.45) is 1.34. The fourth-order valence-electron chi connectivity index (χ4n) is 1.94. The van der Waals surface area contributed by atoms with Crippen molar-refractivity contribution in [2.45, 2.75) is 11.3 Å². The van der Waals surface area contributed by atoms with Crippen LogP contribution in [0.4, 0.5) is 5.82 Å². The molecule has 2 heterocycles. The van der Waals surface area contributed by atoms with E-state index in [9.17, 15) is 0 Å². The lowest BCUT2D eigenvalue weighted by atomic mass is 10.2. The highest BCUT2D eigenvalue weighted by Gasteiger charge is 2.18. The first-order valence-electron chi connectivity index (χ1n) is 6.93. The Kier molecular flexibility index (Phi) is 4.71. The lowest BCUT2D eigenvalue weighted by Crippen LogP contribution is -2.38. The van der Waals surface area contributed by atoms with Gasteiger partial charge >= 0.3 is 0 Å². The SMILES string of the molecule is N#Cc1cnc(SCC2CN=C(c3ccccc3)NO2)nc1N. The number of nitrogen functional groups attached to an aromatic ring is 1. The molecular weight excluding hydrogens is 312 g/mol. The van der Waals surface area contributed by atoms with Crippen molar-refractivity contribution in [3.05, 3.63) is 47.7 Å². The van der Waals surface area contributed by atoms with E-state index in [0.717, 1.165) is 11.4 Å². The molecule has 0 bridgehead atoms. The van der Waals surface area contributed by atoms with Crippen LogP contribution in [-0.4, -0.2) is 34.2 Å². The van der Waals surface area contributed by atoms with Gasteiger partial charge < -0.3 is 5.73 Å². The number of anilines is 1. The smallest absolute Gasteiger partial charge is 0.189 e. The average Bonchev–Trinajstić information content (AvgIpc) is 2.61. The lowest BCUT2D eigenvalue weighted by molar-refractivity contribution is 0.0212. The Labute approximate surface area is 137 Å². The van der Waals surface area contributed by atoms with Gasteiger partial charge in [-0.15, -0.1) is 0 Å². The number of nitrogens with two attached hydrogens (primary N) is 1. The highest BCUT2D eigenvalue weighted by Crippen LogP contribution is 2.18. The molecule has 116 valence electrons. The van der Waals surface area contributed by atoms with Crippen LogP contribution in [0.1, 0.15) is 11.1 Å². The minimum absolute atomic E-state index is 0.0899. The molecule has 3 rings (SSSR count). The number of nitrogens with one attached hydrogen (secondary N) is 1. The van der Waals surface area contributed by atoms with E-state index in [4.69, 9.17) is 15.8 Å². The van der Waals surface area contributed by atoms with Gasteiger partial charge in [-0.1, -0.05) is 42.1 Å². The summed E-state index contributed by atoms with van der Waals surface area (Å²) < 4.78 is 0. The third kappa shape index (κ3) is 3.77. The summed E-state index contributed by atoms with van der Waals surface area (Å²) in [5.74, 6) is 1.55. The first kappa shape index (κ1) is 15.3. The van der Waals surface area contributed by atoms with Crippen LogP contribution in [-0.2, 0) is 4.84 Å². The standard InChI is InChI=1S/C15H14N6OS/c16-6-11-7-19-15(20-13(11)17)23-9-12-8-18-14(21-22-12)10-4-2-1-3-5-10/h1-5,7,12H,8-9H2,(H,18,21)(H2,17,19,20). The zero-order valence-electron chi connectivity index (χ0n) is 12.1. The van der Waals surface area contributed by atoms with Gasteiger partial charge in [-0.2, -0.15) is 5.26 Å². The van der Waals surface area contributed by atoms with E-state index >= 15 is 0 Å². The van der Waals surface area contributed by atoms with E-state index in [1.165, 1.54) is 18.0 Å². The summed E-state index contributed by atoms with van der Waals surface area (Å²) >= 11 is 1.41. The van der Waals surface area contributed by atoms with E-state index in [1.54, 1.807) is 0 Å². The van der Waals surface area contributed by atoms with Crippen molar-refractivity contribution >= 4 is 23.4 Å². The highest BCUT2D eigenvalue weighted by atomic mass is 32.2. The first-order chi connectivity index (χ1) is 11.3. The number of aliphatic imine (C=N–C) groups is 1. The van der Waals surface area contributed by atoms with Crippen LogP contribution < -0.4 is 11.2 Å². The van der Waals surface area contributed by atoms with Crippen molar-refractivity contribution < 1.29 is 4.84 Å². The highest BCUT2D eigenvalue weighted by molar-refractivity contribution is 7.99. The van der Waals surface area contributed by atoms with Crippen LogP contribution >= 0.6 is 11.8 Å². The topological polar surface area (TPSA) is 109 Å². The molecule has 7 nitrogen and oxygen atoms in total. The van der Waals surface area contributed by atoms with Crippen molar-refractivity contribution in [1.82, 2.24) is 15.4 Å². The molecule has 2 aromatic rings. The summed E-state index contributed by atoms with van der Waals surface area (Å²) in [5.41, 5.74) is 9.82. The normalized spacial score (nSPS) is 17.0. The fraction of sp³-hybridized carbons (Fsp3) is 0.200. The molecule has 1 aliphatic rings. The maximum Gasteiger partial charge on any atom is 0.189 e. The number of thioether (sulfide) groups is 1. The molecule has 23 heavy (non-hydrogen) atoms. The molecule has 3 N–H and O–H groups in total. The third-order valence-electron chi connectivity index (χ3n) is 3.14. The van der Waals surface area contributed by atoms with Gasteiger partial charge in [0.25, 0.3) is 0 Å². The molecule has 1 aromatic heterocycles. The van der Waals surface area contributed by atoms with Crippen LogP contribution in [0.2, 0.25) is 0 Å². The number of benzene rings is 1. The van der Waals surface area contributed by atoms with E-state index in [-0.39, 0.29) is 17.5 Å². The minimum Gasteiger partial charge on any atom is -0.382 e. The van der Waals surface area contributed by atoms with E-state index in [2.05, 4.69) is 20.4 Å². The summed E-state index contributed by atoms with van der Waals surface area (Å²) in [6.45, 7) is 0.552. The molecular formula is C15H14N6OS. The number of amidine groups is 1. The second-order valence-electron chi connectivity index (χ2n) is 4.77. The van der Waals surface area contributed by atoms with Gasteiger partial charge in [0, 0.05) is 11.3 Å². The number of hydrogen-bond donors (Lipinski definition) is 2. The van der Waals surface area contributed by atoms with Crippen molar-refractivity contribution in [1.29, 1.82) is 5.26 Å². The molecule has 0 spiro atoms. The predicted molar refractivity (Wildman–Crippen MR) is 87.7 cm³/mol. The Bertz CT molecular complexity index is 758. The van der Waals surface area contributed by atoms with Crippen molar-refractivity contribution in [3.8, 4) is 6.07 Å². The predicted octanol–water partition coefficient (Wildman–Crippen LogP) is 1.37. The zero-order valence-corrected chi connectivity index (χ0v) is 13.0. The van der Waals surface area contributed by atoms with Gasteiger partial charge in [0.05, 0.1) is 12.7 Å². The van der Waals surface area contributed by atoms with E-state index < -0.39 is 0 Å². The summed E-state index contributed by atoms with van der Waals surface area (Å²) in [4.78, 5) is 18.3. The number of rotatable bonds is 4. The van der Waals surface area contributed by atoms with Crippen molar-refractivity contribution in [3.63, 3.8) is 0 Å². The molecule has 0 fully saturated rings. The Hall–Kier alpha value is -2.63. The van der Waals surface area contributed by atoms with E-state index in [0.29, 0.717) is 17.5 Å². The van der Waals surface area contributed by atoms with Gasteiger partial charge in [-0.25, -0.2) is 15.4 Å². The Morgan fingerprint density at radius 3 is 2.87 bits per heavy atom.